The molecular formula is C13H21N3O2. The molecule has 3 aliphatic heterocycles. The third-order valence-corrected chi connectivity index (χ3v) is 3.62. The summed E-state index contributed by atoms with van der Waals surface area (Å²) in [4.78, 5) is 29.1. The van der Waals surface area contributed by atoms with E-state index in [0.29, 0.717) is 13.1 Å². The second kappa shape index (κ2) is 5.10. The van der Waals surface area contributed by atoms with Crippen molar-refractivity contribution < 1.29 is 9.59 Å². The van der Waals surface area contributed by atoms with E-state index in [0.717, 1.165) is 13.0 Å². The molecule has 18 heavy (non-hydrogen) atoms. The Morgan fingerprint density at radius 1 is 1.28 bits per heavy atom. The van der Waals surface area contributed by atoms with Crippen LogP contribution in [-0.2, 0) is 9.59 Å². The molecule has 0 radical (unpaired) electrons. The highest BCUT2D eigenvalue weighted by atomic mass is 16.2. The lowest BCUT2D eigenvalue weighted by atomic mass is 9.87. The maximum atomic E-state index is 12.0. The van der Waals surface area contributed by atoms with Gasteiger partial charge >= 0.3 is 0 Å². The van der Waals surface area contributed by atoms with Crippen molar-refractivity contribution in [1.82, 2.24) is 14.7 Å². The molecule has 2 bridgehead atoms. The van der Waals surface area contributed by atoms with Crippen LogP contribution in [-0.4, -0.2) is 72.3 Å². The van der Waals surface area contributed by atoms with Gasteiger partial charge in [-0.15, -0.1) is 0 Å². The average molecular weight is 251 g/mol. The van der Waals surface area contributed by atoms with E-state index in [1.165, 1.54) is 0 Å². The third-order valence-electron chi connectivity index (χ3n) is 3.62. The molecule has 2 unspecified atom stereocenters. The summed E-state index contributed by atoms with van der Waals surface area (Å²) in [5.74, 6) is 0.196. The van der Waals surface area contributed by atoms with Crippen molar-refractivity contribution >= 4 is 11.8 Å². The first kappa shape index (κ1) is 13.1. The molecule has 0 aromatic rings. The minimum absolute atomic E-state index is 0.0845. The summed E-state index contributed by atoms with van der Waals surface area (Å²) in [6.45, 7) is 3.75. The van der Waals surface area contributed by atoms with E-state index in [1.54, 1.807) is 13.0 Å². The summed E-state index contributed by atoms with van der Waals surface area (Å²) in [5.41, 5.74) is 0. The molecule has 0 aliphatic carbocycles. The summed E-state index contributed by atoms with van der Waals surface area (Å²) < 4.78 is 0. The Morgan fingerprint density at radius 3 is 2.39 bits per heavy atom. The summed E-state index contributed by atoms with van der Waals surface area (Å²) in [6.07, 6.45) is 4.58. The maximum Gasteiger partial charge on any atom is 0.246 e. The number of likely N-dealkylation sites (N-methyl/N-ethyl adjacent to an activating group) is 1. The molecule has 100 valence electrons. The van der Waals surface area contributed by atoms with E-state index in [-0.39, 0.29) is 23.9 Å². The van der Waals surface area contributed by atoms with Crippen LogP contribution in [0.1, 0.15) is 13.3 Å². The molecule has 0 saturated carbocycles. The largest absolute Gasteiger partial charge is 0.339 e. The van der Waals surface area contributed by atoms with Gasteiger partial charge in [0.2, 0.25) is 11.8 Å². The van der Waals surface area contributed by atoms with Crippen LogP contribution < -0.4 is 0 Å². The smallest absolute Gasteiger partial charge is 0.246 e. The van der Waals surface area contributed by atoms with Crippen molar-refractivity contribution in [3.8, 4) is 0 Å². The molecule has 3 fully saturated rings. The number of nitrogens with zero attached hydrogens (tertiary/aromatic N) is 3. The number of piperazine rings is 1. The van der Waals surface area contributed by atoms with Crippen LogP contribution in [0.15, 0.2) is 12.2 Å². The zero-order valence-corrected chi connectivity index (χ0v) is 11.3. The highest BCUT2D eigenvalue weighted by Crippen LogP contribution is 2.32. The van der Waals surface area contributed by atoms with Crippen molar-refractivity contribution in [3.05, 3.63) is 12.2 Å². The molecule has 5 heteroatoms. The number of hydrogen-bond acceptors (Lipinski definition) is 3. The van der Waals surface area contributed by atoms with E-state index in [9.17, 15) is 9.59 Å². The topological polar surface area (TPSA) is 43.9 Å². The lowest BCUT2D eigenvalue weighted by Gasteiger charge is -2.55. The van der Waals surface area contributed by atoms with Crippen molar-refractivity contribution in [2.24, 2.45) is 0 Å². The van der Waals surface area contributed by atoms with Gasteiger partial charge in [0.05, 0.1) is 12.1 Å². The summed E-state index contributed by atoms with van der Waals surface area (Å²) in [6, 6.07) is 0.452. The van der Waals surface area contributed by atoms with Gasteiger partial charge in [0.15, 0.2) is 0 Å². The molecule has 3 heterocycles. The molecular weight excluding hydrogens is 230 g/mol. The second-order valence-electron chi connectivity index (χ2n) is 5.38. The Labute approximate surface area is 108 Å². The number of carbonyl (C=O) groups excluding carboxylic acids is 2. The number of hydrogen-bond donors (Lipinski definition) is 0. The molecule has 2 atom stereocenters. The highest BCUT2D eigenvalue weighted by Gasteiger charge is 2.46. The Balaban J connectivity index is 1.88. The molecule has 0 spiro atoms. The highest BCUT2D eigenvalue weighted by molar-refractivity contribution is 5.89. The quantitative estimate of drug-likeness (QED) is 0.660. The molecule has 3 saturated heterocycles. The van der Waals surface area contributed by atoms with Gasteiger partial charge in [0, 0.05) is 32.6 Å². The molecule has 3 aliphatic rings. The minimum atomic E-state index is 0.0845. The fourth-order valence-electron chi connectivity index (χ4n) is 2.68. The van der Waals surface area contributed by atoms with Crippen LogP contribution in [0, 0.1) is 0 Å². The molecule has 3 rings (SSSR count). The van der Waals surface area contributed by atoms with E-state index in [2.05, 4.69) is 0 Å². The van der Waals surface area contributed by atoms with E-state index >= 15 is 0 Å². The van der Waals surface area contributed by atoms with Gasteiger partial charge in [-0.3, -0.25) is 9.59 Å². The van der Waals surface area contributed by atoms with Crippen molar-refractivity contribution in [3.63, 3.8) is 0 Å². The number of fused-ring (bicyclic) bond motifs is 2. The third kappa shape index (κ3) is 2.56. The zero-order chi connectivity index (χ0) is 13.3. The minimum Gasteiger partial charge on any atom is -0.339 e. The first-order chi connectivity index (χ1) is 8.49. The molecule has 5 nitrogen and oxygen atoms in total. The predicted molar refractivity (Wildman–Crippen MR) is 69.0 cm³/mol. The van der Waals surface area contributed by atoms with Gasteiger partial charge in [0.1, 0.15) is 0 Å². The van der Waals surface area contributed by atoms with Gasteiger partial charge < -0.3 is 14.7 Å². The van der Waals surface area contributed by atoms with E-state index < -0.39 is 0 Å². The van der Waals surface area contributed by atoms with Gasteiger partial charge in [0.25, 0.3) is 0 Å². The van der Waals surface area contributed by atoms with Crippen molar-refractivity contribution in [2.75, 3.05) is 33.7 Å². The lowest BCUT2D eigenvalue weighted by Crippen LogP contribution is -2.70. The van der Waals surface area contributed by atoms with Crippen LogP contribution in [0.25, 0.3) is 0 Å². The fraction of sp³-hybridized carbons (Fsp3) is 0.692. The number of carbonyl (C=O) groups is 2. The summed E-state index contributed by atoms with van der Waals surface area (Å²) in [5, 5.41) is 0. The first-order valence-electron chi connectivity index (χ1n) is 6.38. The maximum absolute atomic E-state index is 12.0. The standard InChI is InChI=1S/C13H21N3O2/c1-10(17)15-8-11-7-12(9-15)16(11)13(18)5-4-6-14(2)3/h4-5,11-12H,6-9H2,1-3H3/b5-4+. The number of rotatable bonds is 3. The number of amides is 2. The Bertz CT molecular complexity index is 366. The van der Waals surface area contributed by atoms with E-state index in [1.807, 2.05) is 34.9 Å². The van der Waals surface area contributed by atoms with Gasteiger partial charge in [-0.05, 0) is 20.5 Å². The Hall–Kier alpha value is -1.36. The van der Waals surface area contributed by atoms with Gasteiger partial charge in [-0.2, -0.15) is 0 Å². The van der Waals surface area contributed by atoms with Crippen LogP contribution in [0.4, 0.5) is 0 Å². The van der Waals surface area contributed by atoms with Gasteiger partial charge in [-0.1, -0.05) is 6.08 Å². The second-order valence-corrected chi connectivity index (χ2v) is 5.38. The molecule has 0 aromatic heterocycles. The normalized spacial score (nSPS) is 26.7. The monoisotopic (exact) mass is 251 g/mol. The number of piperidine rings is 1. The van der Waals surface area contributed by atoms with Crippen LogP contribution >= 0.6 is 0 Å². The van der Waals surface area contributed by atoms with E-state index in [4.69, 9.17) is 0 Å². The SMILES string of the molecule is CC(=O)N1CC2CC(C1)N2C(=O)/C=C/CN(C)C. The molecule has 0 N–H and O–H groups in total. The summed E-state index contributed by atoms with van der Waals surface area (Å²) in [7, 11) is 3.94. The van der Waals surface area contributed by atoms with Crippen LogP contribution in [0.3, 0.4) is 0 Å². The first-order valence-corrected chi connectivity index (χ1v) is 6.38. The van der Waals surface area contributed by atoms with Crippen molar-refractivity contribution in [2.45, 2.75) is 25.4 Å². The van der Waals surface area contributed by atoms with Crippen molar-refractivity contribution in [1.29, 1.82) is 0 Å². The zero-order valence-electron chi connectivity index (χ0n) is 11.3. The molecule has 0 aromatic carbocycles. The van der Waals surface area contributed by atoms with Gasteiger partial charge in [-0.25, -0.2) is 0 Å². The Kier molecular flexibility index (Phi) is 3.71. The van der Waals surface area contributed by atoms with Crippen LogP contribution in [0.5, 0.6) is 0 Å². The fourth-order valence-corrected chi connectivity index (χ4v) is 2.68. The predicted octanol–water partition coefficient (Wildman–Crippen LogP) is -0.0642. The Morgan fingerprint density at radius 2 is 1.89 bits per heavy atom. The average Bonchev–Trinajstić information content (AvgIpc) is 2.28. The van der Waals surface area contributed by atoms with Crippen LogP contribution in [0.2, 0.25) is 0 Å². The lowest BCUT2D eigenvalue weighted by molar-refractivity contribution is -0.155. The molecule has 2 amide bonds. The summed E-state index contributed by atoms with van der Waals surface area (Å²) >= 11 is 0.